The lowest BCUT2D eigenvalue weighted by Gasteiger charge is -1.84. The van der Waals surface area contributed by atoms with E-state index in [0.29, 0.717) is 0 Å². The minimum atomic E-state index is -0.516. The van der Waals surface area contributed by atoms with Gasteiger partial charge in [0.15, 0.2) is 6.07 Å². The summed E-state index contributed by atoms with van der Waals surface area (Å²) in [5.41, 5.74) is -0.991. The number of hydrogen-bond donors (Lipinski definition) is 2. The molecular weight excluding hydrogens is 158 g/mol. The van der Waals surface area contributed by atoms with Gasteiger partial charge in [-0.3, -0.25) is 19.8 Å². The molecule has 1 rings (SSSR count). The zero-order valence-corrected chi connectivity index (χ0v) is 5.84. The van der Waals surface area contributed by atoms with Crippen LogP contribution in [-0.2, 0) is 0 Å². The molecule has 0 aliphatic carbocycles. The van der Waals surface area contributed by atoms with E-state index in [1.807, 2.05) is 5.92 Å². The van der Waals surface area contributed by atoms with Crippen molar-refractivity contribution in [1.82, 2.24) is 10.2 Å². The first-order valence-corrected chi connectivity index (χ1v) is 2.96. The Morgan fingerprint density at radius 3 is 2.75 bits per heavy atom. The fourth-order valence-corrected chi connectivity index (χ4v) is 0.607. The summed E-state index contributed by atoms with van der Waals surface area (Å²) in [7, 11) is 0. The lowest BCUT2D eigenvalue weighted by molar-refractivity contribution is 0.946. The number of H-pyrrole nitrogens is 2. The van der Waals surface area contributed by atoms with Crippen LogP contribution < -0.4 is 11.1 Å². The fraction of sp³-hybridized carbons (Fsp3) is 0. The van der Waals surface area contributed by atoms with Gasteiger partial charge in [0.2, 0.25) is 0 Å². The van der Waals surface area contributed by atoms with Gasteiger partial charge in [0.1, 0.15) is 0 Å². The van der Waals surface area contributed by atoms with Crippen molar-refractivity contribution in [3.8, 4) is 17.9 Å². The Hall–Kier alpha value is -2.27. The van der Waals surface area contributed by atoms with Gasteiger partial charge in [-0.05, 0) is 5.92 Å². The van der Waals surface area contributed by atoms with E-state index in [0.717, 1.165) is 6.07 Å². The van der Waals surface area contributed by atoms with Crippen molar-refractivity contribution < 1.29 is 0 Å². The highest BCUT2D eigenvalue weighted by atomic mass is 16.1. The van der Waals surface area contributed by atoms with E-state index in [9.17, 15) is 9.59 Å². The molecule has 0 amide bonds. The van der Waals surface area contributed by atoms with Gasteiger partial charge >= 0.3 is 0 Å². The molecule has 0 aromatic carbocycles. The molecular formula is C7H3N3O2. The first-order valence-electron chi connectivity index (χ1n) is 2.96. The molecule has 5 nitrogen and oxygen atoms in total. The SMILES string of the molecule is N#CC#Cc1cc(=O)[nH][nH]c1=O. The Kier molecular flexibility index (Phi) is 2.10. The maximum Gasteiger partial charge on any atom is 0.278 e. The summed E-state index contributed by atoms with van der Waals surface area (Å²) in [6.45, 7) is 0. The predicted molar refractivity (Wildman–Crippen MR) is 40.2 cm³/mol. The summed E-state index contributed by atoms with van der Waals surface area (Å²) >= 11 is 0. The lowest BCUT2D eigenvalue weighted by Crippen LogP contribution is -2.19. The number of nitriles is 1. The van der Waals surface area contributed by atoms with Gasteiger partial charge in [-0.2, -0.15) is 5.26 Å². The third-order valence-corrected chi connectivity index (χ3v) is 1.07. The second kappa shape index (κ2) is 3.22. The van der Waals surface area contributed by atoms with Crippen LogP contribution in [0.1, 0.15) is 5.56 Å². The smallest absolute Gasteiger partial charge is 0.268 e. The minimum absolute atomic E-state index is 0.0136. The van der Waals surface area contributed by atoms with Crippen molar-refractivity contribution in [2.45, 2.75) is 0 Å². The average Bonchev–Trinajstić information content (AvgIpc) is 2.07. The van der Waals surface area contributed by atoms with Crippen molar-refractivity contribution in [2.24, 2.45) is 0 Å². The molecule has 0 saturated carbocycles. The molecule has 58 valence electrons. The van der Waals surface area contributed by atoms with Crippen molar-refractivity contribution in [3.05, 3.63) is 32.3 Å². The van der Waals surface area contributed by atoms with Gasteiger partial charge in [-0.1, -0.05) is 0 Å². The second-order valence-electron chi connectivity index (χ2n) is 1.86. The van der Waals surface area contributed by atoms with E-state index in [4.69, 9.17) is 5.26 Å². The molecule has 0 fully saturated rings. The summed E-state index contributed by atoms with van der Waals surface area (Å²) < 4.78 is 0. The zero-order valence-electron chi connectivity index (χ0n) is 5.84. The molecule has 0 atom stereocenters. The zero-order chi connectivity index (χ0) is 8.97. The van der Waals surface area contributed by atoms with Crippen LogP contribution in [0.5, 0.6) is 0 Å². The van der Waals surface area contributed by atoms with E-state index in [2.05, 4.69) is 16.1 Å². The predicted octanol–water partition coefficient (Wildman–Crippen LogP) is -1.06. The molecule has 5 heteroatoms. The van der Waals surface area contributed by atoms with E-state index < -0.39 is 11.1 Å². The Morgan fingerprint density at radius 1 is 1.33 bits per heavy atom. The Bertz CT molecular complexity index is 492. The minimum Gasteiger partial charge on any atom is -0.268 e. The van der Waals surface area contributed by atoms with Gasteiger partial charge < -0.3 is 0 Å². The van der Waals surface area contributed by atoms with Crippen LogP contribution in [0.3, 0.4) is 0 Å². The van der Waals surface area contributed by atoms with E-state index in [1.54, 1.807) is 0 Å². The highest BCUT2D eigenvalue weighted by molar-refractivity contribution is 5.34. The molecule has 0 saturated heterocycles. The number of nitrogens with zero attached hydrogens (tertiary/aromatic N) is 1. The molecule has 0 aliphatic heterocycles. The highest BCUT2D eigenvalue weighted by Crippen LogP contribution is 1.76. The second-order valence-corrected chi connectivity index (χ2v) is 1.86. The largest absolute Gasteiger partial charge is 0.278 e. The highest BCUT2D eigenvalue weighted by Gasteiger charge is 1.94. The lowest BCUT2D eigenvalue weighted by atomic mass is 10.3. The number of rotatable bonds is 0. The first kappa shape index (κ1) is 7.83. The maximum atomic E-state index is 10.8. The quantitative estimate of drug-likeness (QED) is 0.475. The summed E-state index contributed by atoms with van der Waals surface area (Å²) in [6, 6.07) is 2.57. The molecule has 2 N–H and O–H groups in total. The molecule has 1 heterocycles. The molecule has 0 spiro atoms. The molecule has 12 heavy (non-hydrogen) atoms. The monoisotopic (exact) mass is 161 g/mol. The number of aromatic nitrogens is 2. The number of aromatic amines is 2. The van der Waals surface area contributed by atoms with E-state index in [-0.39, 0.29) is 5.56 Å². The Labute approximate surface area is 66.6 Å². The summed E-state index contributed by atoms with van der Waals surface area (Å²) in [5.74, 6) is 4.24. The van der Waals surface area contributed by atoms with E-state index >= 15 is 0 Å². The van der Waals surface area contributed by atoms with Crippen LogP contribution in [0.2, 0.25) is 0 Å². The van der Waals surface area contributed by atoms with Crippen LogP contribution >= 0.6 is 0 Å². The van der Waals surface area contributed by atoms with Crippen LogP contribution in [-0.4, -0.2) is 10.2 Å². The molecule has 1 aromatic rings. The van der Waals surface area contributed by atoms with Crippen molar-refractivity contribution in [1.29, 1.82) is 5.26 Å². The average molecular weight is 161 g/mol. The topological polar surface area (TPSA) is 89.5 Å². The summed E-state index contributed by atoms with van der Waals surface area (Å²) in [5, 5.41) is 12.2. The van der Waals surface area contributed by atoms with Gasteiger partial charge in [-0.15, -0.1) is 0 Å². The van der Waals surface area contributed by atoms with Crippen molar-refractivity contribution >= 4 is 0 Å². The first-order chi connectivity index (χ1) is 5.74. The van der Waals surface area contributed by atoms with Gasteiger partial charge in [0.25, 0.3) is 11.1 Å². The third-order valence-electron chi connectivity index (χ3n) is 1.07. The molecule has 0 aliphatic rings. The van der Waals surface area contributed by atoms with Gasteiger partial charge in [0.05, 0.1) is 5.56 Å². The Morgan fingerprint density at radius 2 is 2.08 bits per heavy atom. The van der Waals surface area contributed by atoms with Gasteiger partial charge in [0, 0.05) is 12.0 Å². The summed E-state index contributed by atoms with van der Waals surface area (Å²) in [4.78, 5) is 21.5. The van der Waals surface area contributed by atoms with Crippen LogP contribution in [0.4, 0.5) is 0 Å². The molecule has 0 radical (unpaired) electrons. The molecule has 0 bridgehead atoms. The van der Waals surface area contributed by atoms with E-state index in [1.165, 1.54) is 6.07 Å². The van der Waals surface area contributed by atoms with Crippen molar-refractivity contribution in [3.63, 3.8) is 0 Å². The van der Waals surface area contributed by atoms with Crippen LogP contribution in [0, 0.1) is 23.2 Å². The normalized spacial score (nSPS) is 7.92. The molecule has 1 aromatic heterocycles. The van der Waals surface area contributed by atoms with Crippen LogP contribution in [0.25, 0.3) is 0 Å². The van der Waals surface area contributed by atoms with Crippen molar-refractivity contribution in [2.75, 3.05) is 0 Å². The summed E-state index contributed by atoms with van der Waals surface area (Å²) in [6.07, 6.45) is 0. The number of hydrogen-bond acceptors (Lipinski definition) is 3. The third kappa shape index (κ3) is 1.61. The standard InChI is InChI=1S/C7H3N3O2/c8-3-1-2-5-4-6(11)9-10-7(5)12/h4H,(H,9,11)(H,10,12). The maximum absolute atomic E-state index is 10.8. The number of nitrogens with one attached hydrogen (secondary N) is 2. The Balaban J connectivity index is 3.35. The van der Waals surface area contributed by atoms with Gasteiger partial charge in [-0.25, -0.2) is 0 Å². The fourth-order valence-electron chi connectivity index (χ4n) is 0.607. The molecule has 0 unspecified atom stereocenters. The van der Waals surface area contributed by atoms with Crippen LogP contribution in [0.15, 0.2) is 15.7 Å².